The maximum absolute atomic E-state index is 13.1. The third kappa shape index (κ3) is 4.71. The highest BCUT2D eigenvalue weighted by Crippen LogP contribution is 2.23. The molecule has 0 aromatic heterocycles. The van der Waals surface area contributed by atoms with Crippen LogP contribution in [0.3, 0.4) is 0 Å². The lowest BCUT2D eigenvalue weighted by Crippen LogP contribution is -2.15. The number of nitrogens with zero attached hydrogens (tertiary/aromatic N) is 1. The lowest BCUT2D eigenvalue weighted by Gasteiger charge is -2.16. The topological polar surface area (TPSA) is 49.8 Å². The van der Waals surface area contributed by atoms with Crippen LogP contribution in [-0.4, -0.2) is 31.8 Å². The van der Waals surface area contributed by atoms with Crippen LogP contribution in [0.25, 0.3) is 0 Å². The molecule has 0 heterocycles. The molecule has 23 heavy (non-hydrogen) atoms. The number of benzene rings is 2. The average molecular weight is 317 g/mol. The normalized spacial score (nSPS) is 11.8. The van der Waals surface area contributed by atoms with Crippen LogP contribution in [0.2, 0.25) is 0 Å². The number of anilines is 1. The van der Waals surface area contributed by atoms with Gasteiger partial charge in [-0.15, -0.1) is 0 Å². The van der Waals surface area contributed by atoms with E-state index in [1.54, 1.807) is 12.1 Å². The van der Waals surface area contributed by atoms with E-state index in [2.05, 4.69) is 0 Å². The molecule has 0 saturated heterocycles. The summed E-state index contributed by atoms with van der Waals surface area (Å²) >= 11 is 0. The average Bonchev–Trinajstić information content (AvgIpc) is 2.51. The van der Waals surface area contributed by atoms with Crippen LogP contribution in [0.5, 0.6) is 5.75 Å². The van der Waals surface area contributed by atoms with Gasteiger partial charge in [0.2, 0.25) is 0 Å². The van der Waals surface area contributed by atoms with Gasteiger partial charge in [0, 0.05) is 25.8 Å². The number of rotatable bonds is 7. The summed E-state index contributed by atoms with van der Waals surface area (Å²) in [5.74, 6) is -1.53. The Balaban J connectivity index is 2.00. The summed E-state index contributed by atoms with van der Waals surface area (Å²) in [6.45, 7) is 0.204. The van der Waals surface area contributed by atoms with Crippen LogP contribution in [0.4, 0.5) is 10.1 Å². The molecule has 2 aromatic carbocycles. The summed E-state index contributed by atoms with van der Waals surface area (Å²) in [6.07, 6.45) is 0.313. The van der Waals surface area contributed by atoms with E-state index in [0.29, 0.717) is 12.2 Å². The first-order valence-electron chi connectivity index (χ1n) is 7.36. The molecular weight excluding hydrogens is 297 g/mol. The van der Waals surface area contributed by atoms with Gasteiger partial charge in [0.15, 0.2) is 0 Å². The van der Waals surface area contributed by atoms with Crippen LogP contribution in [0.15, 0.2) is 48.5 Å². The number of carboxylic acid groups (broad SMARTS) is 1. The predicted octanol–water partition coefficient (Wildman–Crippen LogP) is 3.53. The standard InChI is InChI=1S/C18H20FNO3/c1-20(2)15-8-6-13(7-9-15)17(18(21)22)10-11-23-16-5-3-4-14(19)12-16/h3-9,12,17H,10-11H2,1-2H3,(H,21,22). The molecule has 1 N–H and O–H groups in total. The van der Waals surface area contributed by atoms with Gasteiger partial charge in [0.1, 0.15) is 11.6 Å². The summed E-state index contributed by atoms with van der Waals surface area (Å²) in [6, 6.07) is 13.2. The van der Waals surface area contributed by atoms with E-state index in [4.69, 9.17) is 4.74 Å². The quantitative estimate of drug-likeness (QED) is 0.849. The first-order valence-corrected chi connectivity index (χ1v) is 7.36. The maximum Gasteiger partial charge on any atom is 0.311 e. The summed E-state index contributed by atoms with van der Waals surface area (Å²) in [7, 11) is 3.85. The summed E-state index contributed by atoms with van der Waals surface area (Å²) in [5.41, 5.74) is 1.74. The van der Waals surface area contributed by atoms with E-state index in [0.717, 1.165) is 11.3 Å². The Kier molecular flexibility index (Phi) is 5.57. The van der Waals surface area contributed by atoms with Crippen LogP contribution in [-0.2, 0) is 4.79 Å². The molecule has 0 saturated carbocycles. The fraction of sp³-hybridized carbons (Fsp3) is 0.278. The lowest BCUT2D eigenvalue weighted by atomic mass is 9.96. The summed E-state index contributed by atoms with van der Waals surface area (Å²) in [4.78, 5) is 13.4. The minimum atomic E-state index is -0.898. The van der Waals surface area contributed by atoms with Crippen molar-refractivity contribution in [1.29, 1.82) is 0 Å². The van der Waals surface area contributed by atoms with Gasteiger partial charge in [-0.05, 0) is 36.2 Å². The molecule has 0 spiro atoms. The Morgan fingerprint density at radius 3 is 2.48 bits per heavy atom. The van der Waals surface area contributed by atoms with Gasteiger partial charge < -0.3 is 14.7 Å². The van der Waals surface area contributed by atoms with E-state index in [1.807, 2.05) is 43.3 Å². The van der Waals surface area contributed by atoms with E-state index < -0.39 is 11.9 Å². The number of carboxylic acids is 1. The van der Waals surface area contributed by atoms with Crippen molar-refractivity contribution in [2.75, 3.05) is 25.6 Å². The minimum absolute atomic E-state index is 0.204. The van der Waals surface area contributed by atoms with Crippen molar-refractivity contribution in [3.8, 4) is 5.75 Å². The first-order chi connectivity index (χ1) is 11.0. The Labute approximate surface area is 135 Å². The molecule has 0 aliphatic carbocycles. The van der Waals surface area contributed by atoms with Crippen molar-refractivity contribution in [2.24, 2.45) is 0 Å². The van der Waals surface area contributed by atoms with E-state index in [1.165, 1.54) is 12.1 Å². The molecule has 5 heteroatoms. The molecule has 0 fully saturated rings. The van der Waals surface area contributed by atoms with Crippen LogP contribution >= 0.6 is 0 Å². The number of aliphatic carboxylic acids is 1. The Morgan fingerprint density at radius 1 is 1.22 bits per heavy atom. The predicted molar refractivity (Wildman–Crippen MR) is 87.7 cm³/mol. The summed E-state index contributed by atoms with van der Waals surface area (Å²) < 4.78 is 18.5. The van der Waals surface area contributed by atoms with Gasteiger partial charge in [-0.25, -0.2) is 4.39 Å². The van der Waals surface area contributed by atoms with Crippen LogP contribution < -0.4 is 9.64 Å². The second kappa shape index (κ2) is 7.63. The van der Waals surface area contributed by atoms with Crippen molar-refractivity contribution < 1.29 is 19.0 Å². The molecule has 0 radical (unpaired) electrons. The SMILES string of the molecule is CN(C)c1ccc(C(CCOc2cccc(F)c2)C(=O)O)cc1. The van der Waals surface area contributed by atoms with Crippen LogP contribution in [0, 0.1) is 5.82 Å². The van der Waals surface area contributed by atoms with Crippen molar-refractivity contribution >= 4 is 11.7 Å². The van der Waals surface area contributed by atoms with E-state index in [9.17, 15) is 14.3 Å². The fourth-order valence-electron chi connectivity index (χ4n) is 2.29. The van der Waals surface area contributed by atoms with Gasteiger partial charge in [0.05, 0.1) is 12.5 Å². The Bertz CT molecular complexity index is 656. The molecule has 4 nitrogen and oxygen atoms in total. The van der Waals surface area contributed by atoms with Gasteiger partial charge in [-0.3, -0.25) is 4.79 Å². The van der Waals surface area contributed by atoms with E-state index >= 15 is 0 Å². The van der Waals surface area contributed by atoms with Crippen LogP contribution in [0.1, 0.15) is 17.9 Å². The number of ether oxygens (including phenoxy) is 1. The van der Waals surface area contributed by atoms with Crippen molar-refractivity contribution in [1.82, 2.24) is 0 Å². The third-order valence-electron chi connectivity index (χ3n) is 3.58. The second-order valence-electron chi connectivity index (χ2n) is 5.47. The van der Waals surface area contributed by atoms with Gasteiger partial charge in [-0.1, -0.05) is 18.2 Å². The number of carbonyl (C=O) groups is 1. The highest BCUT2D eigenvalue weighted by molar-refractivity contribution is 5.76. The van der Waals surface area contributed by atoms with Crippen molar-refractivity contribution in [3.63, 3.8) is 0 Å². The maximum atomic E-state index is 13.1. The zero-order valence-corrected chi connectivity index (χ0v) is 13.2. The van der Waals surface area contributed by atoms with Crippen molar-refractivity contribution in [3.05, 3.63) is 59.9 Å². The minimum Gasteiger partial charge on any atom is -0.493 e. The third-order valence-corrected chi connectivity index (χ3v) is 3.58. The first kappa shape index (κ1) is 16.8. The largest absolute Gasteiger partial charge is 0.493 e. The zero-order chi connectivity index (χ0) is 16.8. The molecule has 0 bridgehead atoms. The fourth-order valence-corrected chi connectivity index (χ4v) is 2.29. The van der Waals surface area contributed by atoms with E-state index in [-0.39, 0.29) is 12.4 Å². The molecule has 0 aliphatic heterocycles. The summed E-state index contributed by atoms with van der Waals surface area (Å²) in [5, 5.41) is 9.42. The monoisotopic (exact) mass is 317 g/mol. The zero-order valence-electron chi connectivity index (χ0n) is 13.2. The molecular formula is C18H20FNO3. The number of hydrogen-bond acceptors (Lipinski definition) is 3. The Hall–Kier alpha value is -2.56. The molecule has 122 valence electrons. The molecule has 1 atom stereocenters. The molecule has 1 unspecified atom stereocenters. The molecule has 2 aromatic rings. The highest BCUT2D eigenvalue weighted by Gasteiger charge is 2.20. The van der Waals surface area contributed by atoms with Gasteiger partial charge >= 0.3 is 5.97 Å². The van der Waals surface area contributed by atoms with Gasteiger partial charge in [0.25, 0.3) is 0 Å². The number of hydrogen-bond donors (Lipinski definition) is 1. The van der Waals surface area contributed by atoms with Crippen molar-refractivity contribution in [2.45, 2.75) is 12.3 Å². The molecule has 2 rings (SSSR count). The number of halogens is 1. The second-order valence-corrected chi connectivity index (χ2v) is 5.47. The molecule has 0 amide bonds. The highest BCUT2D eigenvalue weighted by atomic mass is 19.1. The lowest BCUT2D eigenvalue weighted by molar-refractivity contribution is -0.139. The smallest absolute Gasteiger partial charge is 0.311 e. The van der Waals surface area contributed by atoms with Gasteiger partial charge in [-0.2, -0.15) is 0 Å². The Morgan fingerprint density at radius 2 is 1.91 bits per heavy atom. The molecule has 0 aliphatic rings.